The van der Waals surface area contributed by atoms with Crippen molar-refractivity contribution < 1.29 is 14.3 Å². The molecular formula is C13H12BrN3O3S. The molecule has 0 saturated carbocycles. The van der Waals surface area contributed by atoms with Crippen molar-refractivity contribution in [3.05, 3.63) is 33.8 Å². The van der Waals surface area contributed by atoms with Gasteiger partial charge in [-0.1, -0.05) is 11.3 Å². The zero-order valence-electron chi connectivity index (χ0n) is 11.3. The van der Waals surface area contributed by atoms with Crippen LogP contribution in [0, 0.1) is 0 Å². The molecule has 1 aromatic carbocycles. The summed E-state index contributed by atoms with van der Waals surface area (Å²) in [7, 11) is 3.12. The number of nitrogens with one attached hydrogen (secondary N) is 1. The predicted molar refractivity (Wildman–Crippen MR) is 84.8 cm³/mol. The van der Waals surface area contributed by atoms with Crippen LogP contribution in [0.3, 0.4) is 0 Å². The van der Waals surface area contributed by atoms with Gasteiger partial charge in [-0.25, -0.2) is 0 Å². The molecule has 1 amide bonds. The van der Waals surface area contributed by atoms with Crippen LogP contribution in [0.15, 0.2) is 28.2 Å². The first-order valence-corrected chi connectivity index (χ1v) is 7.48. The third-order valence-corrected chi connectivity index (χ3v) is 3.67. The van der Waals surface area contributed by atoms with E-state index in [4.69, 9.17) is 9.47 Å². The number of methoxy groups -OCH3 is 2. The Bertz CT molecular complexity index is 659. The maximum absolute atomic E-state index is 11.7. The lowest BCUT2D eigenvalue weighted by Crippen LogP contribution is -2.07. The molecule has 0 aliphatic carbocycles. The van der Waals surface area contributed by atoms with Crippen LogP contribution < -0.4 is 14.8 Å². The van der Waals surface area contributed by atoms with E-state index in [0.717, 1.165) is 10.0 Å². The third kappa shape index (κ3) is 4.02. The van der Waals surface area contributed by atoms with Crippen LogP contribution >= 0.6 is 27.3 Å². The van der Waals surface area contributed by atoms with Crippen molar-refractivity contribution in [3.63, 3.8) is 0 Å². The molecule has 0 spiro atoms. The summed E-state index contributed by atoms with van der Waals surface area (Å²) < 4.78 is 11.2. The van der Waals surface area contributed by atoms with Crippen LogP contribution in [0.1, 0.15) is 5.56 Å². The number of rotatable bonds is 5. The Morgan fingerprint density at radius 3 is 2.81 bits per heavy atom. The fourth-order valence-corrected chi connectivity index (χ4v) is 2.65. The van der Waals surface area contributed by atoms with Crippen molar-refractivity contribution in [1.29, 1.82) is 0 Å². The van der Waals surface area contributed by atoms with Gasteiger partial charge in [-0.3, -0.25) is 10.1 Å². The Morgan fingerprint density at radius 2 is 2.19 bits per heavy atom. The molecular weight excluding hydrogens is 358 g/mol. The minimum absolute atomic E-state index is 0.280. The van der Waals surface area contributed by atoms with E-state index in [1.54, 1.807) is 31.9 Å². The second-order valence-electron chi connectivity index (χ2n) is 3.80. The molecule has 0 radical (unpaired) electrons. The Hall–Kier alpha value is -1.93. The summed E-state index contributed by atoms with van der Waals surface area (Å²) in [6, 6.07) is 3.61. The molecule has 0 fully saturated rings. The zero-order valence-corrected chi connectivity index (χ0v) is 13.7. The summed E-state index contributed by atoms with van der Waals surface area (Å²) in [5.41, 5.74) is 2.34. The van der Waals surface area contributed by atoms with Crippen LogP contribution in [-0.2, 0) is 4.79 Å². The number of hydrogen-bond acceptors (Lipinski definition) is 6. The SMILES string of the molecule is COc1cc(/C=C/C(=O)Nc2nncs2)cc(Br)c1OC. The Balaban J connectivity index is 2.13. The molecule has 1 aromatic heterocycles. The number of anilines is 1. The number of benzene rings is 1. The van der Waals surface area contributed by atoms with Crippen LogP contribution in [-0.4, -0.2) is 30.3 Å². The number of amides is 1. The second kappa shape index (κ2) is 7.19. The Kier molecular flexibility index (Phi) is 5.29. The number of nitrogens with zero attached hydrogens (tertiary/aromatic N) is 2. The molecule has 110 valence electrons. The van der Waals surface area contributed by atoms with Gasteiger partial charge in [0, 0.05) is 6.08 Å². The number of carbonyl (C=O) groups excluding carboxylic acids is 1. The average Bonchev–Trinajstić information content (AvgIpc) is 2.97. The van der Waals surface area contributed by atoms with Crippen molar-refractivity contribution in [1.82, 2.24) is 10.2 Å². The summed E-state index contributed by atoms with van der Waals surface area (Å²) in [4.78, 5) is 11.7. The number of halogens is 1. The van der Waals surface area contributed by atoms with Gasteiger partial charge in [-0.05, 0) is 39.7 Å². The molecule has 0 atom stereocenters. The van der Waals surface area contributed by atoms with Crippen molar-refractivity contribution in [2.45, 2.75) is 0 Å². The highest BCUT2D eigenvalue weighted by Gasteiger charge is 2.09. The molecule has 21 heavy (non-hydrogen) atoms. The molecule has 0 aliphatic heterocycles. The predicted octanol–water partition coefficient (Wildman–Crippen LogP) is 2.97. The quantitative estimate of drug-likeness (QED) is 0.820. The van der Waals surface area contributed by atoms with Gasteiger partial charge in [-0.15, -0.1) is 10.2 Å². The van der Waals surface area contributed by atoms with Crippen LogP contribution in [0.25, 0.3) is 6.08 Å². The maximum Gasteiger partial charge on any atom is 0.250 e. The van der Waals surface area contributed by atoms with Crippen molar-refractivity contribution >= 4 is 44.4 Å². The molecule has 8 heteroatoms. The van der Waals surface area contributed by atoms with Gasteiger partial charge in [0.15, 0.2) is 11.5 Å². The van der Waals surface area contributed by atoms with Gasteiger partial charge < -0.3 is 9.47 Å². The van der Waals surface area contributed by atoms with Gasteiger partial charge >= 0.3 is 0 Å². The fraction of sp³-hybridized carbons (Fsp3) is 0.154. The van der Waals surface area contributed by atoms with Crippen LogP contribution in [0.5, 0.6) is 11.5 Å². The van der Waals surface area contributed by atoms with Gasteiger partial charge in [0.25, 0.3) is 0 Å². The zero-order chi connectivity index (χ0) is 15.2. The lowest BCUT2D eigenvalue weighted by atomic mass is 10.2. The number of ether oxygens (including phenoxy) is 2. The maximum atomic E-state index is 11.7. The highest BCUT2D eigenvalue weighted by atomic mass is 79.9. The topological polar surface area (TPSA) is 73.3 Å². The lowest BCUT2D eigenvalue weighted by molar-refractivity contribution is -0.111. The van der Waals surface area contributed by atoms with Gasteiger partial charge in [0.2, 0.25) is 11.0 Å². The molecule has 2 aromatic rings. The summed E-state index contributed by atoms with van der Waals surface area (Å²) >= 11 is 4.65. The normalized spacial score (nSPS) is 10.6. The standard InChI is InChI=1S/C13H12BrN3O3S/c1-19-10-6-8(5-9(14)12(10)20-2)3-4-11(18)16-13-17-15-7-21-13/h3-7H,1-2H3,(H,16,17,18)/b4-3+. The van der Waals surface area contributed by atoms with E-state index < -0.39 is 0 Å². The molecule has 0 saturated heterocycles. The Labute approximate surface area is 133 Å². The van der Waals surface area contributed by atoms with Gasteiger partial charge in [0.05, 0.1) is 18.7 Å². The van der Waals surface area contributed by atoms with Crippen molar-refractivity contribution in [2.75, 3.05) is 19.5 Å². The molecule has 0 bridgehead atoms. The molecule has 6 nitrogen and oxygen atoms in total. The minimum Gasteiger partial charge on any atom is -0.493 e. The third-order valence-electron chi connectivity index (χ3n) is 2.47. The van der Waals surface area contributed by atoms with Crippen LogP contribution in [0.4, 0.5) is 5.13 Å². The van der Waals surface area contributed by atoms with Crippen molar-refractivity contribution in [2.24, 2.45) is 0 Å². The van der Waals surface area contributed by atoms with E-state index in [-0.39, 0.29) is 5.91 Å². The summed E-state index contributed by atoms with van der Waals surface area (Å²) in [6.07, 6.45) is 3.08. The monoisotopic (exact) mass is 369 g/mol. The number of hydrogen-bond donors (Lipinski definition) is 1. The first kappa shape index (κ1) is 15.5. The molecule has 1 heterocycles. The smallest absolute Gasteiger partial charge is 0.250 e. The molecule has 0 aliphatic rings. The van der Waals surface area contributed by atoms with Crippen LogP contribution in [0.2, 0.25) is 0 Å². The van der Waals surface area contributed by atoms with E-state index in [0.29, 0.717) is 16.6 Å². The van der Waals surface area contributed by atoms with E-state index in [1.165, 1.54) is 17.4 Å². The second-order valence-corrected chi connectivity index (χ2v) is 5.49. The fourth-order valence-electron chi connectivity index (χ4n) is 1.58. The van der Waals surface area contributed by atoms with E-state index in [9.17, 15) is 4.79 Å². The first-order valence-electron chi connectivity index (χ1n) is 5.80. The molecule has 1 N–H and O–H groups in total. The van der Waals surface area contributed by atoms with E-state index in [2.05, 4.69) is 31.4 Å². The summed E-state index contributed by atoms with van der Waals surface area (Å²) in [5, 5.41) is 10.4. The molecule has 2 rings (SSSR count). The Morgan fingerprint density at radius 1 is 1.38 bits per heavy atom. The number of carbonyl (C=O) groups is 1. The first-order chi connectivity index (χ1) is 10.1. The average molecular weight is 370 g/mol. The number of aromatic nitrogens is 2. The minimum atomic E-state index is -0.280. The van der Waals surface area contributed by atoms with Crippen molar-refractivity contribution in [3.8, 4) is 11.5 Å². The van der Waals surface area contributed by atoms with Gasteiger partial charge in [-0.2, -0.15) is 0 Å². The lowest BCUT2D eigenvalue weighted by Gasteiger charge is -2.10. The highest BCUT2D eigenvalue weighted by Crippen LogP contribution is 2.36. The molecule has 0 unspecified atom stereocenters. The highest BCUT2D eigenvalue weighted by molar-refractivity contribution is 9.10. The van der Waals surface area contributed by atoms with Gasteiger partial charge in [0.1, 0.15) is 5.51 Å². The largest absolute Gasteiger partial charge is 0.493 e. The van der Waals surface area contributed by atoms with E-state index >= 15 is 0 Å². The van der Waals surface area contributed by atoms with E-state index in [1.807, 2.05) is 6.07 Å². The summed E-state index contributed by atoms with van der Waals surface area (Å²) in [5.74, 6) is 0.904. The summed E-state index contributed by atoms with van der Waals surface area (Å²) in [6.45, 7) is 0.